The van der Waals surface area contributed by atoms with Gasteiger partial charge in [0.05, 0.1) is 13.1 Å². The molecule has 0 aromatic heterocycles. The van der Waals surface area contributed by atoms with Gasteiger partial charge in [-0.2, -0.15) is 0 Å². The Kier molecular flexibility index (Phi) is 10.2. The van der Waals surface area contributed by atoms with E-state index >= 15 is 0 Å². The number of benzene rings is 3. The molecule has 0 fully saturated rings. The first-order valence-electron chi connectivity index (χ1n) is 15.0. The summed E-state index contributed by atoms with van der Waals surface area (Å²) in [5.74, 6) is 1.55. The van der Waals surface area contributed by atoms with Crippen LogP contribution in [-0.2, 0) is 30.3 Å². The second kappa shape index (κ2) is 13.8. The minimum absolute atomic E-state index is 0.0339. The van der Waals surface area contributed by atoms with Gasteiger partial charge in [-0.1, -0.05) is 90.1 Å². The Balaban J connectivity index is 1.62. The topological polar surface area (TPSA) is 101 Å². The van der Waals surface area contributed by atoms with Gasteiger partial charge in [0.15, 0.2) is 0 Å². The molecule has 4 N–H and O–H groups in total. The Labute approximate surface area is 255 Å². The van der Waals surface area contributed by atoms with E-state index in [2.05, 4.69) is 87.1 Å². The Morgan fingerprint density at radius 1 is 0.581 bits per heavy atom. The zero-order valence-electron chi connectivity index (χ0n) is 26.4. The summed E-state index contributed by atoms with van der Waals surface area (Å²) in [4.78, 5) is 24.9. The quantitative estimate of drug-likeness (QED) is 0.262. The molecule has 1 heterocycles. The van der Waals surface area contributed by atoms with Gasteiger partial charge < -0.3 is 30.7 Å². The molecule has 0 spiro atoms. The average Bonchev–Trinajstić information content (AvgIpc) is 2.95. The van der Waals surface area contributed by atoms with Crippen molar-refractivity contribution < 1.29 is 19.1 Å². The molecule has 4 rings (SSSR count). The molecule has 8 heteroatoms. The predicted octanol–water partition coefficient (Wildman–Crippen LogP) is 5.94. The van der Waals surface area contributed by atoms with Crippen LogP contribution in [0.25, 0.3) is 0 Å². The first-order valence-corrected chi connectivity index (χ1v) is 15.0. The van der Waals surface area contributed by atoms with Crippen LogP contribution in [0.15, 0.2) is 60.7 Å². The first kappa shape index (κ1) is 31.7. The lowest BCUT2D eigenvalue weighted by molar-refractivity contribution is 0.235. The van der Waals surface area contributed by atoms with Crippen molar-refractivity contribution in [1.82, 2.24) is 21.3 Å². The molecule has 230 valence electrons. The molecule has 4 amide bonds. The molecule has 1 aliphatic rings. The van der Waals surface area contributed by atoms with Gasteiger partial charge in [-0.25, -0.2) is 9.59 Å². The Bertz CT molecular complexity index is 1320. The fourth-order valence-corrected chi connectivity index (χ4v) is 4.85. The Hall–Kier alpha value is -4.20. The minimum Gasteiger partial charge on any atom is -0.491 e. The van der Waals surface area contributed by atoms with Crippen molar-refractivity contribution >= 4 is 12.1 Å². The van der Waals surface area contributed by atoms with E-state index in [0.29, 0.717) is 45.8 Å². The van der Waals surface area contributed by atoms with Crippen molar-refractivity contribution in [2.45, 2.75) is 71.9 Å². The summed E-state index contributed by atoms with van der Waals surface area (Å²) in [5.41, 5.74) is 6.34. The molecule has 3 aromatic rings. The summed E-state index contributed by atoms with van der Waals surface area (Å²) in [6, 6.07) is 19.9. The maximum Gasteiger partial charge on any atom is 0.315 e. The number of nitrogens with one attached hydrogen (secondary N) is 4. The summed E-state index contributed by atoms with van der Waals surface area (Å²) >= 11 is 0. The molecule has 8 nitrogen and oxygen atoms in total. The molecule has 0 unspecified atom stereocenters. The lowest BCUT2D eigenvalue weighted by Gasteiger charge is -2.24. The number of amides is 4. The highest BCUT2D eigenvalue weighted by atomic mass is 16.5. The molecule has 2 bridgehead atoms. The monoisotopic (exact) mass is 586 g/mol. The molecule has 43 heavy (non-hydrogen) atoms. The van der Waals surface area contributed by atoms with E-state index < -0.39 is 0 Å². The number of rotatable bonds is 0. The van der Waals surface area contributed by atoms with Crippen LogP contribution in [0.5, 0.6) is 11.5 Å². The standard InChI is InChI=1S/C35H46N4O4/c1-34(2,3)28-10-12-30-26(20-28)19-27-21-29(35(4,5)6)11-13-31(27)43-17-15-37-33(41)39-23-25-9-7-8-24(18-25)22-38-32(40)36-14-16-42-30/h7-13,18,20-21H,14-17,19,22-23H2,1-6H3,(H2,36,38,40)(H2,37,39,41). The third-order valence-electron chi connectivity index (χ3n) is 7.42. The van der Waals surface area contributed by atoms with Gasteiger partial charge in [-0.3, -0.25) is 0 Å². The molecule has 0 aliphatic carbocycles. The highest BCUT2D eigenvalue weighted by Gasteiger charge is 2.20. The van der Waals surface area contributed by atoms with Gasteiger partial charge in [0.1, 0.15) is 24.7 Å². The number of urea groups is 2. The van der Waals surface area contributed by atoms with Crippen molar-refractivity contribution in [2.75, 3.05) is 26.3 Å². The van der Waals surface area contributed by atoms with Crippen molar-refractivity contribution in [3.05, 3.63) is 94.0 Å². The number of carbonyl (C=O) groups is 2. The largest absolute Gasteiger partial charge is 0.491 e. The van der Waals surface area contributed by atoms with Crippen molar-refractivity contribution in [3.63, 3.8) is 0 Å². The maximum absolute atomic E-state index is 12.5. The van der Waals surface area contributed by atoms with Crippen LogP contribution in [0.3, 0.4) is 0 Å². The predicted molar refractivity (Wildman–Crippen MR) is 171 cm³/mol. The van der Waals surface area contributed by atoms with Gasteiger partial charge in [-0.05, 0) is 56.3 Å². The number of carbonyl (C=O) groups excluding carboxylic acids is 2. The lowest BCUT2D eigenvalue weighted by atomic mass is 9.83. The van der Waals surface area contributed by atoms with Gasteiger partial charge >= 0.3 is 12.1 Å². The van der Waals surface area contributed by atoms with Crippen LogP contribution in [-0.4, -0.2) is 38.4 Å². The SMILES string of the molecule is CC(C)(C)c1ccc2c(c1)Cc1cc(C(C)(C)C)ccc1OCCNC(=O)NCc1cccc(c1)CNC(=O)NCCO2. The number of hydrogen-bond acceptors (Lipinski definition) is 4. The maximum atomic E-state index is 12.5. The van der Waals surface area contributed by atoms with Crippen molar-refractivity contribution in [1.29, 1.82) is 0 Å². The van der Waals surface area contributed by atoms with E-state index in [9.17, 15) is 9.59 Å². The summed E-state index contributed by atoms with van der Waals surface area (Å²) in [6.07, 6.45) is 0.609. The van der Waals surface area contributed by atoms with E-state index in [0.717, 1.165) is 33.8 Å². The summed E-state index contributed by atoms with van der Waals surface area (Å²) in [6.45, 7) is 15.3. The molecular formula is C35H46N4O4. The molecular weight excluding hydrogens is 540 g/mol. The highest BCUT2D eigenvalue weighted by Crippen LogP contribution is 2.34. The van der Waals surface area contributed by atoms with Crippen LogP contribution in [0, 0.1) is 0 Å². The van der Waals surface area contributed by atoms with Crippen LogP contribution >= 0.6 is 0 Å². The molecule has 0 saturated carbocycles. The molecule has 0 saturated heterocycles. The first-order chi connectivity index (χ1) is 20.4. The summed E-state index contributed by atoms with van der Waals surface area (Å²) in [7, 11) is 0. The average molecular weight is 587 g/mol. The van der Waals surface area contributed by atoms with E-state index in [1.54, 1.807) is 0 Å². The molecule has 3 aromatic carbocycles. The second-order valence-corrected chi connectivity index (χ2v) is 13.1. The van der Waals surface area contributed by atoms with Gasteiger partial charge in [-0.15, -0.1) is 0 Å². The van der Waals surface area contributed by atoms with Crippen molar-refractivity contribution in [3.8, 4) is 11.5 Å². The molecule has 0 atom stereocenters. The van der Waals surface area contributed by atoms with Gasteiger partial charge in [0.25, 0.3) is 0 Å². The van der Waals surface area contributed by atoms with E-state index in [4.69, 9.17) is 9.47 Å². The smallest absolute Gasteiger partial charge is 0.315 e. The third kappa shape index (κ3) is 9.40. The van der Waals surface area contributed by atoms with E-state index in [1.165, 1.54) is 11.1 Å². The van der Waals surface area contributed by atoms with Crippen molar-refractivity contribution in [2.24, 2.45) is 0 Å². The lowest BCUT2D eigenvalue weighted by Crippen LogP contribution is -2.37. The Morgan fingerprint density at radius 3 is 1.44 bits per heavy atom. The van der Waals surface area contributed by atoms with Crippen LogP contribution in [0.2, 0.25) is 0 Å². The summed E-state index contributed by atoms with van der Waals surface area (Å²) < 4.78 is 12.5. The van der Waals surface area contributed by atoms with Crippen LogP contribution < -0.4 is 30.7 Å². The zero-order valence-corrected chi connectivity index (χ0v) is 26.4. The third-order valence-corrected chi connectivity index (χ3v) is 7.42. The fourth-order valence-electron chi connectivity index (χ4n) is 4.85. The van der Waals surface area contributed by atoms with Crippen LogP contribution in [0.1, 0.15) is 74.9 Å². The molecule has 1 aliphatic heterocycles. The number of ether oxygens (including phenoxy) is 2. The van der Waals surface area contributed by atoms with Crippen LogP contribution in [0.4, 0.5) is 9.59 Å². The normalized spacial score (nSPS) is 15.8. The molecule has 0 radical (unpaired) electrons. The van der Waals surface area contributed by atoms with Gasteiger partial charge in [0.2, 0.25) is 0 Å². The number of hydrogen-bond donors (Lipinski definition) is 4. The van der Waals surface area contributed by atoms with E-state index in [1.807, 2.05) is 36.4 Å². The number of fused-ring (bicyclic) bond motifs is 4. The highest BCUT2D eigenvalue weighted by molar-refractivity contribution is 5.74. The second-order valence-electron chi connectivity index (χ2n) is 13.1. The fraction of sp³-hybridized carbons (Fsp3) is 0.429. The van der Waals surface area contributed by atoms with E-state index in [-0.39, 0.29) is 22.9 Å². The summed E-state index contributed by atoms with van der Waals surface area (Å²) in [5, 5.41) is 11.5. The van der Waals surface area contributed by atoms with Gasteiger partial charge in [0, 0.05) is 19.5 Å². The Morgan fingerprint density at radius 2 is 1.02 bits per heavy atom. The minimum atomic E-state index is -0.266. The zero-order chi connectivity index (χ0) is 31.0.